The van der Waals surface area contributed by atoms with E-state index < -0.39 is 0 Å². The summed E-state index contributed by atoms with van der Waals surface area (Å²) in [7, 11) is 0. The normalized spacial score (nSPS) is 32.4. The van der Waals surface area contributed by atoms with Gasteiger partial charge in [-0.25, -0.2) is 0 Å². The molecule has 3 nitrogen and oxygen atoms in total. The molecule has 2 aliphatic carbocycles. The van der Waals surface area contributed by atoms with Crippen molar-refractivity contribution in [3.05, 3.63) is 0 Å². The van der Waals surface area contributed by atoms with Crippen LogP contribution in [-0.2, 0) is 4.79 Å². The zero-order chi connectivity index (χ0) is 12.4. The van der Waals surface area contributed by atoms with Gasteiger partial charge in [-0.15, -0.1) is 0 Å². The van der Waals surface area contributed by atoms with Gasteiger partial charge < -0.3 is 11.1 Å². The van der Waals surface area contributed by atoms with Crippen LogP contribution in [0.5, 0.6) is 0 Å². The standard InChI is InChI=1S/C13H22N2OS/c1-2-3-10(12(14)17)13(16)15-11-7-8-4-5-9(11)6-8/h8-11H,2-7H2,1H3,(H2,14,17)(H,15,16). The second kappa shape index (κ2) is 5.34. The van der Waals surface area contributed by atoms with E-state index in [-0.39, 0.29) is 11.8 Å². The lowest BCUT2D eigenvalue weighted by atomic mass is 9.94. The van der Waals surface area contributed by atoms with Crippen LogP contribution in [-0.4, -0.2) is 16.9 Å². The maximum Gasteiger partial charge on any atom is 0.230 e. The SMILES string of the molecule is CCCC(C(=O)NC1CC2CCC1C2)C(N)=S. The number of nitrogens with one attached hydrogen (secondary N) is 1. The number of fused-ring (bicyclic) bond motifs is 2. The molecular formula is C13H22N2OS. The highest BCUT2D eigenvalue weighted by molar-refractivity contribution is 7.80. The third-order valence-corrected chi connectivity index (χ3v) is 4.59. The summed E-state index contributed by atoms with van der Waals surface area (Å²) in [6.45, 7) is 2.05. The Hall–Kier alpha value is -0.640. The Kier molecular flexibility index (Phi) is 4.02. The summed E-state index contributed by atoms with van der Waals surface area (Å²) >= 11 is 4.98. The van der Waals surface area contributed by atoms with E-state index >= 15 is 0 Å². The van der Waals surface area contributed by atoms with Gasteiger partial charge in [-0.05, 0) is 37.5 Å². The van der Waals surface area contributed by atoms with E-state index in [4.69, 9.17) is 18.0 Å². The Morgan fingerprint density at radius 2 is 2.24 bits per heavy atom. The first-order chi connectivity index (χ1) is 8.11. The summed E-state index contributed by atoms with van der Waals surface area (Å²) < 4.78 is 0. The number of rotatable bonds is 5. The predicted octanol–water partition coefficient (Wildman–Crippen LogP) is 1.99. The second-order valence-electron chi connectivity index (χ2n) is 5.53. The molecule has 0 heterocycles. The molecule has 2 rings (SSSR count). The molecule has 2 saturated carbocycles. The molecular weight excluding hydrogens is 232 g/mol. The van der Waals surface area contributed by atoms with Crippen molar-refractivity contribution in [2.24, 2.45) is 23.5 Å². The third kappa shape index (κ3) is 2.79. The monoisotopic (exact) mass is 254 g/mol. The number of nitrogens with two attached hydrogens (primary N) is 1. The molecule has 0 aromatic rings. The van der Waals surface area contributed by atoms with Crippen molar-refractivity contribution < 1.29 is 4.79 Å². The van der Waals surface area contributed by atoms with Gasteiger partial charge in [0.05, 0.1) is 10.9 Å². The van der Waals surface area contributed by atoms with Gasteiger partial charge in [0.1, 0.15) is 0 Å². The Morgan fingerprint density at radius 1 is 1.47 bits per heavy atom. The largest absolute Gasteiger partial charge is 0.393 e. The molecule has 0 aromatic carbocycles. The van der Waals surface area contributed by atoms with Crippen molar-refractivity contribution in [1.29, 1.82) is 0 Å². The highest BCUT2D eigenvalue weighted by Crippen LogP contribution is 2.44. The average molecular weight is 254 g/mol. The van der Waals surface area contributed by atoms with E-state index in [1.165, 1.54) is 19.3 Å². The molecule has 0 aromatic heterocycles. The van der Waals surface area contributed by atoms with Gasteiger partial charge in [-0.1, -0.05) is 32.0 Å². The molecule has 0 radical (unpaired) electrons. The molecule has 1 amide bonds. The van der Waals surface area contributed by atoms with Gasteiger partial charge in [-0.2, -0.15) is 0 Å². The smallest absolute Gasteiger partial charge is 0.230 e. The Balaban J connectivity index is 1.89. The number of thiocarbonyl (C=S) groups is 1. The van der Waals surface area contributed by atoms with Gasteiger partial charge in [0.2, 0.25) is 5.91 Å². The van der Waals surface area contributed by atoms with Crippen LogP contribution in [0.25, 0.3) is 0 Å². The quantitative estimate of drug-likeness (QED) is 0.738. The molecule has 0 saturated heterocycles. The number of carbonyl (C=O) groups is 1. The van der Waals surface area contributed by atoms with Crippen molar-refractivity contribution in [2.75, 3.05) is 0 Å². The summed E-state index contributed by atoms with van der Waals surface area (Å²) in [5, 5.41) is 3.17. The number of hydrogen-bond acceptors (Lipinski definition) is 2. The molecule has 96 valence electrons. The van der Waals surface area contributed by atoms with Gasteiger partial charge in [0.15, 0.2) is 0 Å². The second-order valence-corrected chi connectivity index (χ2v) is 6.00. The van der Waals surface area contributed by atoms with Gasteiger partial charge in [-0.3, -0.25) is 4.79 Å². The minimum absolute atomic E-state index is 0.0527. The van der Waals surface area contributed by atoms with Crippen molar-refractivity contribution in [3.63, 3.8) is 0 Å². The first kappa shape index (κ1) is 12.8. The van der Waals surface area contributed by atoms with Crippen LogP contribution < -0.4 is 11.1 Å². The molecule has 4 atom stereocenters. The summed E-state index contributed by atoms with van der Waals surface area (Å²) in [5.41, 5.74) is 5.64. The van der Waals surface area contributed by atoms with E-state index in [1.807, 2.05) is 0 Å². The summed E-state index contributed by atoms with van der Waals surface area (Å²) in [4.78, 5) is 12.5. The number of hydrogen-bond donors (Lipinski definition) is 2. The molecule has 17 heavy (non-hydrogen) atoms. The zero-order valence-electron chi connectivity index (χ0n) is 10.4. The van der Waals surface area contributed by atoms with Crippen molar-refractivity contribution in [1.82, 2.24) is 5.32 Å². The van der Waals surface area contributed by atoms with Crippen molar-refractivity contribution >= 4 is 23.1 Å². The summed E-state index contributed by atoms with van der Waals surface area (Å²) in [6, 6.07) is 0.384. The van der Waals surface area contributed by atoms with Gasteiger partial charge in [0, 0.05) is 6.04 Å². The highest BCUT2D eigenvalue weighted by atomic mass is 32.1. The molecule has 2 aliphatic rings. The van der Waals surface area contributed by atoms with Crippen LogP contribution in [0.3, 0.4) is 0 Å². The van der Waals surface area contributed by atoms with Crippen molar-refractivity contribution in [2.45, 2.75) is 51.5 Å². The molecule has 4 heteroatoms. The number of carbonyl (C=O) groups excluding carboxylic acids is 1. The van der Waals surface area contributed by atoms with Gasteiger partial charge >= 0.3 is 0 Å². The molecule has 0 aliphatic heterocycles. The lowest BCUT2D eigenvalue weighted by Crippen LogP contribution is -2.45. The van der Waals surface area contributed by atoms with Crippen LogP contribution >= 0.6 is 12.2 Å². The minimum Gasteiger partial charge on any atom is -0.393 e. The number of amides is 1. The fourth-order valence-corrected chi connectivity index (χ4v) is 3.62. The highest BCUT2D eigenvalue weighted by Gasteiger charge is 2.40. The van der Waals surface area contributed by atoms with Gasteiger partial charge in [0.25, 0.3) is 0 Å². The van der Waals surface area contributed by atoms with Crippen molar-refractivity contribution in [3.8, 4) is 0 Å². The summed E-state index contributed by atoms with van der Waals surface area (Å²) in [6.07, 6.45) is 6.79. The molecule has 2 fully saturated rings. The van der Waals surface area contributed by atoms with E-state index in [2.05, 4.69) is 12.2 Å². The Morgan fingerprint density at radius 3 is 2.71 bits per heavy atom. The molecule has 2 bridgehead atoms. The van der Waals surface area contributed by atoms with E-state index in [9.17, 15) is 4.79 Å². The Labute approximate surface area is 109 Å². The first-order valence-electron chi connectivity index (χ1n) is 6.71. The average Bonchev–Trinajstić information content (AvgIpc) is 2.86. The maximum atomic E-state index is 12.1. The molecule has 0 spiro atoms. The fourth-order valence-electron chi connectivity index (χ4n) is 3.40. The lowest BCUT2D eigenvalue weighted by Gasteiger charge is -2.25. The zero-order valence-corrected chi connectivity index (χ0v) is 11.3. The third-order valence-electron chi connectivity index (χ3n) is 4.30. The van der Waals surface area contributed by atoms with Crippen LogP contribution in [0.4, 0.5) is 0 Å². The first-order valence-corrected chi connectivity index (χ1v) is 7.12. The lowest BCUT2D eigenvalue weighted by molar-refractivity contribution is -0.124. The fraction of sp³-hybridized carbons (Fsp3) is 0.846. The summed E-state index contributed by atoms with van der Waals surface area (Å²) in [5.74, 6) is 1.34. The maximum absolute atomic E-state index is 12.1. The minimum atomic E-state index is -0.269. The van der Waals surface area contributed by atoms with E-state index in [0.717, 1.165) is 25.2 Å². The van der Waals surface area contributed by atoms with Crippen LogP contribution in [0, 0.1) is 17.8 Å². The Bertz CT molecular complexity index is 319. The van der Waals surface area contributed by atoms with Crippen LogP contribution in [0.1, 0.15) is 45.4 Å². The molecule has 3 N–H and O–H groups in total. The predicted molar refractivity (Wildman–Crippen MR) is 72.6 cm³/mol. The van der Waals surface area contributed by atoms with E-state index in [0.29, 0.717) is 16.9 Å². The molecule has 4 unspecified atom stereocenters. The van der Waals surface area contributed by atoms with Crippen LogP contribution in [0.2, 0.25) is 0 Å². The van der Waals surface area contributed by atoms with E-state index in [1.54, 1.807) is 0 Å². The topological polar surface area (TPSA) is 55.1 Å². The van der Waals surface area contributed by atoms with Crippen LogP contribution in [0.15, 0.2) is 0 Å².